The number of primary amides is 1. The van der Waals surface area contributed by atoms with Gasteiger partial charge in [-0.3, -0.25) is 9.59 Å². The monoisotopic (exact) mass is 406 g/mol. The quantitative estimate of drug-likeness (QED) is 0.323. The first-order valence-electron chi connectivity index (χ1n) is 9.70. The Labute approximate surface area is 175 Å². The number of rotatable bonds is 9. The summed E-state index contributed by atoms with van der Waals surface area (Å²) in [5.41, 5.74) is 10.2. The van der Waals surface area contributed by atoms with E-state index in [0.29, 0.717) is 24.2 Å². The van der Waals surface area contributed by atoms with E-state index in [1.807, 2.05) is 37.3 Å². The topological polar surface area (TPSA) is 109 Å². The Morgan fingerprint density at radius 3 is 2.77 bits per heavy atom. The van der Waals surface area contributed by atoms with E-state index in [1.165, 1.54) is 6.08 Å². The third-order valence-corrected chi connectivity index (χ3v) is 4.88. The first-order chi connectivity index (χ1) is 14.5. The lowest BCUT2D eigenvalue weighted by Crippen LogP contribution is -2.19. The molecule has 2 aromatic carbocycles. The molecule has 156 valence electrons. The molecule has 7 nitrogen and oxygen atoms in total. The molecule has 0 saturated heterocycles. The smallest absolute Gasteiger partial charge is 0.250 e. The number of anilines is 1. The lowest BCUT2D eigenvalue weighted by Gasteiger charge is -2.13. The minimum atomic E-state index is -0.477. The maximum absolute atomic E-state index is 12.3. The summed E-state index contributed by atoms with van der Waals surface area (Å²) in [6.07, 6.45) is 5.07. The number of aromatic amines is 1. The average molecular weight is 406 g/mol. The van der Waals surface area contributed by atoms with Gasteiger partial charge in [0.1, 0.15) is 0 Å². The van der Waals surface area contributed by atoms with Gasteiger partial charge in [0, 0.05) is 43.5 Å². The van der Waals surface area contributed by atoms with E-state index in [-0.39, 0.29) is 5.91 Å². The number of ether oxygens (including phenoxy) is 1. The molecule has 0 saturated carbocycles. The van der Waals surface area contributed by atoms with Crippen molar-refractivity contribution in [3.63, 3.8) is 0 Å². The molecule has 0 spiro atoms. The van der Waals surface area contributed by atoms with Crippen molar-refractivity contribution in [2.24, 2.45) is 5.73 Å². The van der Waals surface area contributed by atoms with E-state index in [4.69, 9.17) is 10.5 Å². The molecule has 0 radical (unpaired) electrons. The molecule has 3 aromatic rings. The summed E-state index contributed by atoms with van der Waals surface area (Å²) in [5.74, 6) is -0.671. The second-order valence-electron chi connectivity index (χ2n) is 6.86. The highest BCUT2D eigenvalue weighted by molar-refractivity contribution is 6.09. The van der Waals surface area contributed by atoms with Gasteiger partial charge < -0.3 is 26.1 Å². The summed E-state index contributed by atoms with van der Waals surface area (Å²) in [6.45, 7) is 3.90. The molecule has 7 heteroatoms. The molecule has 0 unspecified atom stereocenters. The highest BCUT2D eigenvalue weighted by atomic mass is 16.5. The molecule has 5 N–H and O–H groups in total. The van der Waals surface area contributed by atoms with Crippen LogP contribution in [0.5, 0.6) is 0 Å². The molecule has 1 aromatic heterocycles. The number of carbonyl (C=O) groups is 2. The van der Waals surface area contributed by atoms with Crippen LogP contribution in [0, 0.1) is 6.92 Å². The number of fused-ring (bicyclic) bond motifs is 1. The number of H-pyrrole nitrogens is 1. The van der Waals surface area contributed by atoms with Gasteiger partial charge in [-0.2, -0.15) is 0 Å². The van der Waals surface area contributed by atoms with Crippen molar-refractivity contribution in [3.8, 4) is 11.1 Å². The molecule has 0 aliphatic carbocycles. The third-order valence-electron chi connectivity index (χ3n) is 4.88. The molecule has 0 atom stereocenters. The number of hydrogen-bond donors (Lipinski definition) is 4. The maximum Gasteiger partial charge on any atom is 0.250 e. The number of benzene rings is 2. The van der Waals surface area contributed by atoms with E-state index in [9.17, 15) is 9.59 Å². The Hall–Kier alpha value is -3.42. The van der Waals surface area contributed by atoms with Crippen molar-refractivity contribution < 1.29 is 14.3 Å². The minimum absolute atomic E-state index is 0.195. The lowest BCUT2D eigenvalue weighted by molar-refractivity contribution is -0.111. The standard InChI is InChI=1S/C23H26N4O3/c1-15-16(17-8-9-19(23(24)29)22-18(17)10-12-26-22)5-3-6-20(15)27-21(28)7-4-11-25-13-14-30-2/h3-10,12,25-26H,11,13-14H2,1-2H3,(H2,24,29)(H,27,28). The van der Waals surface area contributed by atoms with Gasteiger partial charge >= 0.3 is 0 Å². The Morgan fingerprint density at radius 1 is 1.17 bits per heavy atom. The van der Waals surface area contributed by atoms with Crippen molar-refractivity contribution in [1.82, 2.24) is 10.3 Å². The summed E-state index contributed by atoms with van der Waals surface area (Å²) in [6, 6.07) is 11.3. The summed E-state index contributed by atoms with van der Waals surface area (Å²) >= 11 is 0. The largest absolute Gasteiger partial charge is 0.383 e. The van der Waals surface area contributed by atoms with E-state index in [1.54, 1.807) is 25.4 Å². The van der Waals surface area contributed by atoms with Crippen LogP contribution in [-0.4, -0.2) is 43.6 Å². The van der Waals surface area contributed by atoms with Gasteiger partial charge in [0.25, 0.3) is 5.91 Å². The van der Waals surface area contributed by atoms with Crippen LogP contribution in [0.25, 0.3) is 22.0 Å². The number of amides is 2. The van der Waals surface area contributed by atoms with Crippen LogP contribution in [0.4, 0.5) is 5.69 Å². The number of aromatic nitrogens is 1. The fourth-order valence-electron chi connectivity index (χ4n) is 3.36. The summed E-state index contributed by atoms with van der Waals surface area (Å²) in [7, 11) is 1.65. The van der Waals surface area contributed by atoms with Gasteiger partial charge in [-0.1, -0.05) is 24.3 Å². The van der Waals surface area contributed by atoms with Gasteiger partial charge in [0.15, 0.2) is 0 Å². The predicted molar refractivity (Wildman–Crippen MR) is 120 cm³/mol. The summed E-state index contributed by atoms with van der Waals surface area (Å²) < 4.78 is 4.96. The average Bonchev–Trinajstić information content (AvgIpc) is 3.21. The zero-order valence-electron chi connectivity index (χ0n) is 17.1. The molecule has 0 aliphatic rings. The Morgan fingerprint density at radius 2 is 2.00 bits per heavy atom. The molecule has 0 aliphatic heterocycles. The summed E-state index contributed by atoms with van der Waals surface area (Å²) in [5, 5.41) is 6.98. The second-order valence-corrected chi connectivity index (χ2v) is 6.86. The minimum Gasteiger partial charge on any atom is -0.383 e. The summed E-state index contributed by atoms with van der Waals surface area (Å²) in [4.78, 5) is 27.1. The van der Waals surface area contributed by atoms with E-state index in [2.05, 4.69) is 15.6 Å². The highest BCUT2D eigenvalue weighted by Gasteiger charge is 2.15. The number of nitrogens with two attached hydrogens (primary N) is 1. The number of nitrogens with one attached hydrogen (secondary N) is 3. The van der Waals surface area contributed by atoms with Gasteiger partial charge in [0.2, 0.25) is 5.91 Å². The fraction of sp³-hybridized carbons (Fsp3) is 0.217. The van der Waals surface area contributed by atoms with Crippen LogP contribution in [0.1, 0.15) is 15.9 Å². The van der Waals surface area contributed by atoms with Crippen molar-refractivity contribution in [2.45, 2.75) is 6.92 Å². The maximum atomic E-state index is 12.3. The van der Waals surface area contributed by atoms with Gasteiger partial charge in [-0.05, 0) is 41.8 Å². The number of carbonyl (C=O) groups excluding carboxylic acids is 2. The van der Waals surface area contributed by atoms with Crippen LogP contribution in [0.15, 0.2) is 54.7 Å². The first-order valence-corrected chi connectivity index (χ1v) is 9.70. The molecule has 1 heterocycles. The van der Waals surface area contributed by atoms with Crippen LogP contribution >= 0.6 is 0 Å². The number of methoxy groups -OCH3 is 1. The Bertz CT molecular complexity index is 1090. The molecular formula is C23H26N4O3. The fourth-order valence-corrected chi connectivity index (χ4v) is 3.36. The lowest BCUT2D eigenvalue weighted by atomic mass is 9.94. The molecule has 30 heavy (non-hydrogen) atoms. The van der Waals surface area contributed by atoms with Crippen molar-refractivity contribution in [2.75, 3.05) is 32.1 Å². The van der Waals surface area contributed by atoms with E-state index in [0.717, 1.165) is 34.3 Å². The SMILES string of the molecule is COCCNCC=CC(=O)Nc1cccc(-c2ccc(C(N)=O)c3[nH]ccc23)c1C. The van der Waals surface area contributed by atoms with Crippen molar-refractivity contribution >= 4 is 28.4 Å². The normalized spacial score (nSPS) is 11.3. The third kappa shape index (κ3) is 4.76. The van der Waals surface area contributed by atoms with Crippen molar-refractivity contribution in [3.05, 3.63) is 65.9 Å². The molecular weight excluding hydrogens is 380 g/mol. The van der Waals surface area contributed by atoms with Crippen LogP contribution in [0.2, 0.25) is 0 Å². The van der Waals surface area contributed by atoms with Gasteiger partial charge in [-0.25, -0.2) is 0 Å². The second kappa shape index (κ2) is 9.87. The first kappa shape index (κ1) is 21.3. The van der Waals surface area contributed by atoms with Gasteiger partial charge in [0.05, 0.1) is 17.7 Å². The molecule has 0 fully saturated rings. The Kier molecular flexibility index (Phi) is 7.00. The zero-order valence-corrected chi connectivity index (χ0v) is 17.1. The van der Waals surface area contributed by atoms with Crippen LogP contribution < -0.4 is 16.4 Å². The number of hydrogen-bond acceptors (Lipinski definition) is 4. The van der Waals surface area contributed by atoms with E-state index >= 15 is 0 Å². The zero-order chi connectivity index (χ0) is 21.5. The Balaban J connectivity index is 1.81. The van der Waals surface area contributed by atoms with Crippen LogP contribution in [0.3, 0.4) is 0 Å². The van der Waals surface area contributed by atoms with Gasteiger partial charge in [-0.15, -0.1) is 0 Å². The van der Waals surface area contributed by atoms with Crippen LogP contribution in [-0.2, 0) is 9.53 Å². The highest BCUT2D eigenvalue weighted by Crippen LogP contribution is 2.34. The molecule has 2 amide bonds. The van der Waals surface area contributed by atoms with Crippen molar-refractivity contribution in [1.29, 1.82) is 0 Å². The molecule has 3 rings (SSSR count). The van der Waals surface area contributed by atoms with E-state index < -0.39 is 5.91 Å². The predicted octanol–water partition coefficient (Wildman–Crippen LogP) is 2.97. The molecule has 0 bridgehead atoms.